The number of rotatable bonds is 5. The van der Waals surface area contributed by atoms with Crippen LogP contribution in [0.15, 0.2) is 54.6 Å². The second-order valence-corrected chi connectivity index (χ2v) is 9.44. The topological polar surface area (TPSA) is 96.1 Å². The number of nitrogens with one attached hydrogen (secondary N) is 3. The summed E-state index contributed by atoms with van der Waals surface area (Å²) in [7, 11) is 1.59. The zero-order valence-electron chi connectivity index (χ0n) is 18.3. The number of aromatic nitrogens is 2. The van der Waals surface area contributed by atoms with Crippen LogP contribution in [0.1, 0.15) is 46.4 Å². The van der Waals surface area contributed by atoms with E-state index in [0.29, 0.717) is 37.9 Å². The Kier molecular flexibility index (Phi) is 5.71. The van der Waals surface area contributed by atoms with Crippen LogP contribution in [0.2, 0.25) is 0 Å². The molecule has 0 saturated heterocycles. The molecule has 0 aliphatic carbocycles. The average Bonchev–Trinajstić information content (AvgIpc) is 3.36. The molecule has 0 spiro atoms. The molecule has 8 heteroatoms. The predicted octanol–water partition coefficient (Wildman–Crippen LogP) is 5.44. The zero-order valence-corrected chi connectivity index (χ0v) is 19.1. The van der Waals surface area contributed by atoms with Crippen LogP contribution >= 0.6 is 11.3 Å². The summed E-state index contributed by atoms with van der Waals surface area (Å²) in [5.74, 6) is 0.616. The lowest BCUT2D eigenvalue weighted by Gasteiger charge is -2.18. The molecule has 0 fully saturated rings. The van der Waals surface area contributed by atoms with Crippen LogP contribution in [0.4, 0.5) is 11.5 Å². The Labute approximate surface area is 189 Å². The Morgan fingerprint density at radius 3 is 2.28 bits per heavy atom. The van der Waals surface area contributed by atoms with Crippen LogP contribution in [0.3, 0.4) is 0 Å². The molecule has 0 radical (unpaired) electrons. The summed E-state index contributed by atoms with van der Waals surface area (Å²) in [6.45, 7) is 6.38. The third-order valence-electron chi connectivity index (χ3n) is 5.07. The molecule has 4 aromatic rings. The van der Waals surface area contributed by atoms with Crippen molar-refractivity contribution in [3.8, 4) is 5.75 Å². The van der Waals surface area contributed by atoms with Gasteiger partial charge in [-0.2, -0.15) is 5.10 Å². The van der Waals surface area contributed by atoms with Crippen molar-refractivity contribution in [3.05, 3.63) is 70.6 Å². The van der Waals surface area contributed by atoms with E-state index in [0.717, 1.165) is 5.56 Å². The summed E-state index contributed by atoms with van der Waals surface area (Å²) < 4.78 is 5.13. The van der Waals surface area contributed by atoms with Crippen molar-refractivity contribution in [3.63, 3.8) is 0 Å². The van der Waals surface area contributed by atoms with Gasteiger partial charge in [0.05, 0.1) is 17.4 Å². The van der Waals surface area contributed by atoms with Gasteiger partial charge in [0, 0.05) is 11.3 Å². The number of aromatic amines is 1. The number of anilines is 2. The van der Waals surface area contributed by atoms with Gasteiger partial charge >= 0.3 is 0 Å². The molecule has 0 unspecified atom stereocenters. The molecular weight excluding hydrogens is 424 g/mol. The normalized spacial score (nSPS) is 11.4. The fraction of sp³-hybridized carbons (Fsp3) is 0.208. The molecule has 7 nitrogen and oxygen atoms in total. The van der Waals surface area contributed by atoms with E-state index in [1.54, 1.807) is 49.6 Å². The summed E-state index contributed by atoms with van der Waals surface area (Å²) >= 11 is 1.27. The zero-order chi connectivity index (χ0) is 22.9. The maximum Gasteiger partial charge on any atom is 0.265 e. The predicted molar refractivity (Wildman–Crippen MR) is 128 cm³/mol. The number of hydrogen-bond donors (Lipinski definition) is 3. The van der Waals surface area contributed by atoms with Crippen molar-refractivity contribution >= 4 is 44.9 Å². The maximum atomic E-state index is 12.7. The van der Waals surface area contributed by atoms with Crippen LogP contribution in [0, 0.1) is 0 Å². The molecule has 4 rings (SSSR count). The van der Waals surface area contributed by atoms with Crippen molar-refractivity contribution < 1.29 is 14.3 Å². The largest absolute Gasteiger partial charge is 0.497 e. The number of hydrogen-bond acceptors (Lipinski definition) is 5. The molecule has 0 saturated carbocycles. The van der Waals surface area contributed by atoms with Gasteiger partial charge in [0.1, 0.15) is 10.6 Å². The first-order valence-electron chi connectivity index (χ1n) is 10.1. The van der Waals surface area contributed by atoms with E-state index < -0.39 is 0 Å². The van der Waals surface area contributed by atoms with Gasteiger partial charge in [0.15, 0.2) is 5.82 Å². The van der Waals surface area contributed by atoms with E-state index in [1.807, 2.05) is 12.1 Å². The summed E-state index contributed by atoms with van der Waals surface area (Å²) in [5, 5.41) is 13.5. The molecular formula is C24H24N4O3S. The van der Waals surface area contributed by atoms with Gasteiger partial charge in [-0.05, 0) is 53.4 Å². The van der Waals surface area contributed by atoms with Crippen molar-refractivity contribution in [2.75, 3.05) is 17.7 Å². The second kappa shape index (κ2) is 8.47. The first kappa shape index (κ1) is 21.6. The van der Waals surface area contributed by atoms with E-state index >= 15 is 0 Å². The second-order valence-electron chi connectivity index (χ2n) is 8.39. The van der Waals surface area contributed by atoms with Crippen molar-refractivity contribution in [2.45, 2.75) is 26.2 Å². The smallest absolute Gasteiger partial charge is 0.265 e. The van der Waals surface area contributed by atoms with Crippen LogP contribution in [-0.4, -0.2) is 29.1 Å². The highest BCUT2D eigenvalue weighted by molar-refractivity contribution is 7.20. The van der Waals surface area contributed by atoms with E-state index in [2.05, 4.69) is 41.6 Å². The Hall–Kier alpha value is -3.65. The molecule has 2 aromatic heterocycles. The summed E-state index contributed by atoms with van der Waals surface area (Å²) in [6.07, 6.45) is 0. The number of carbonyl (C=O) groups is 2. The Morgan fingerprint density at radius 1 is 0.969 bits per heavy atom. The number of methoxy groups -OCH3 is 1. The molecule has 32 heavy (non-hydrogen) atoms. The maximum absolute atomic E-state index is 12.7. The highest BCUT2D eigenvalue weighted by Gasteiger charge is 2.18. The molecule has 2 aromatic carbocycles. The fourth-order valence-corrected chi connectivity index (χ4v) is 4.09. The Morgan fingerprint density at radius 2 is 1.66 bits per heavy atom. The highest BCUT2D eigenvalue weighted by atomic mass is 32.1. The fourth-order valence-electron chi connectivity index (χ4n) is 3.19. The van der Waals surface area contributed by atoms with Crippen LogP contribution in [0.25, 0.3) is 10.2 Å². The van der Waals surface area contributed by atoms with Gasteiger partial charge in [-0.15, -0.1) is 11.3 Å². The standard InChI is InChI=1S/C24H24N4O3S/c1-24(2,3)15-7-5-14(6-8-15)21(29)26-20-18-13-19(32-23(18)28-27-20)22(30)25-16-9-11-17(31-4)12-10-16/h5-13H,1-4H3,(H,25,30)(H2,26,27,28,29). The number of carbonyl (C=O) groups excluding carboxylic acids is 2. The number of H-pyrrole nitrogens is 1. The lowest BCUT2D eigenvalue weighted by molar-refractivity contribution is 0.102. The Balaban J connectivity index is 1.48. The monoisotopic (exact) mass is 448 g/mol. The third kappa shape index (κ3) is 4.50. The van der Waals surface area contributed by atoms with E-state index in [9.17, 15) is 9.59 Å². The molecule has 2 heterocycles. The number of nitrogens with zero attached hydrogens (tertiary/aromatic N) is 1. The minimum Gasteiger partial charge on any atom is -0.497 e. The van der Waals surface area contributed by atoms with E-state index in [-0.39, 0.29) is 17.2 Å². The van der Waals surface area contributed by atoms with Crippen molar-refractivity contribution in [1.82, 2.24) is 10.2 Å². The van der Waals surface area contributed by atoms with E-state index in [1.165, 1.54) is 11.3 Å². The third-order valence-corrected chi connectivity index (χ3v) is 6.11. The number of fused-ring (bicyclic) bond motifs is 1. The van der Waals surface area contributed by atoms with Gasteiger partial charge in [0.2, 0.25) is 0 Å². The van der Waals surface area contributed by atoms with Gasteiger partial charge in [-0.1, -0.05) is 32.9 Å². The minimum absolute atomic E-state index is 0.0167. The van der Waals surface area contributed by atoms with Crippen molar-refractivity contribution in [1.29, 1.82) is 0 Å². The lowest BCUT2D eigenvalue weighted by Crippen LogP contribution is -2.14. The van der Waals surface area contributed by atoms with Gasteiger partial charge in [0.25, 0.3) is 11.8 Å². The SMILES string of the molecule is COc1ccc(NC(=O)c2cc3c(NC(=O)c4ccc(C(C)(C)C)cc4)n[nH]c3s2)cc1. The molecule has 3 N–H and O–H groups in total. The minimum atomic E-state index is -0.255. The summed E-state index contributed by atoms with van der Waals surface area (Å²) in [4.78, 5) is 26.6. The highest BCUT2D eigenvalue weighted by Crippen LogP contribution is 2.30. The molecule has 0 bridgehead atoms. The summed E-state index contributed by atoms with van der Waals surface area (Å²) in [6, 6.07) is 16.4. The molecule has 2 amide bonds. The van der Waals surface area contributed by atoms with Crippen LogP contribution in [-0.2, 0) is 5.41 Å². The van der Waals surface area contributed by atoms with Gasteiger partial charge in [-0.3, -0.25) is 14.7 Å². The number of benzene rings is 2. The lowest BCUT2D eigenvalue weighted by atomic mass is 9.87. The van der Waals surface area contributed by atoms with E-state index in [4.69, 9.17) is 4.74 Å². The molecule has 0 atom stereocenters. The quantitative estimate of drug-likeness (QED) is 0.379. The molecule has 0 aliphatic heterocycles. The van der Waals surface area contributed by atoms with Gasteiger partial charge in [-0.25, -0.2) is 0 Å². The first-order chi connectivity index (χ1) is 15.2. The van der Waals surface area contributed by atoms with Gasteiger partial charge < -0.3 is 15.4 Å². The first-order valence-corrected chi connectivity index (χ1v) is 10.9. The van der Waals surface area contributed by atoms with Crippen LogP contribution < -0.4 is 15.4 Å². The number of thiophene rings is 1. The Bertz CT molecular complexity index is 1270. The number of amides is 2. The molecule has 0 aliphatic rings. The van der Waals surface area contributed by atoms with Crippen LogP contribution in [0.5, 0.6) is 5.75 Å². The molecule has 164 valence electrons. The summed E-state index contributed by atoms with van der Waals surface area (Å²) in [5.41, 5.74) is 2.38. The number of ether oxygens (including phenoxy) is 1. The van der Waals surface area contributed by atoms with Crippen molar-refractivity contribution in [2.24, 2.45) is 0 Å². The average molecular weight is 449 g/mol.